The van der Waals surface area contributed by atoms with Gasteiger partial charge < -0.3 is 19.3 Å². The second-order valence-corrected chi connectivity index (χ2v) is 7.57. The topological polar surface area (TPSA) is 65.0 Å². The summed E-state index contributed by atoms with van der Waals surface area (Å²) in [5, 5.41) is 9.51. The zero-order valence-corrected chi connectivity index (χ0v) is 17.1. The van der Waals surface area contributed by atoms with Crippen LogP contribution in [0.15, 0.2) is 42.5 Å². The fourth-order valence-corrected chi connectivity index (χ4v) is 3.88. The molecule has 1 N–H and O–H groups in total. The van der Waals surface area contributed by atoms with Crippen LogP contribution in [0.1, 0.15) is 30.9 Å². The number of carbonyl (C=O) groups is 1. The maximum atomic E-state index is 15.1. The third-order valence-corrected chi connectivity index (χ3v) is 5.80. The van der Waals surface area contributed by atoms with E-state index in [-0.39, 0.29) is 23.7 Å². The lowest BCUT2D eigenvalue weighted by Gasteiger charge is -2.32. The van der Waals surface area contributed by atoms with Gasteiger partial charge in [-0.2, -0.15) is 17.6 Å². The van der Waals surface area contributed by atoms with E-state index in [1.54, 1.807) is 24.3 Å². The molecule has 3 rings (SSSR count). The number of benzene rings is 2. The predicted molar refractivity (Wildman–Crippen MR) is 103 cm³/mol. The van der Waals surface area contributed by atoms with Crippen molar-refractivity contribution >= 4 is 5.97 Å². The number of hydrogen-bond donors (Lipinski definition) is 1. The number of aliphatic carboxylic acids is 1. The van der Waals surface area contributed by atoms with Crippen LogP contribution in [0, 0.1) is 11.7 Å². The van der Waals surface area contributed by atoms with Crippen LogP contribution in [0.25, 0.3) is 0 Å². The molecule has 1 aliphatic rings. The van der Waals surface area contributed by atoms with E-state index in [2.05, 4.69) is 0 Å². The molecule has 31 heavy (non-hydrogen) atoms. The van der Waals surface area contributed by atoms with Crippen LogP contribution < -0.4 is 9.47 Å². The van der Waals surface area contributed by atoms with Gasteiger partial charge in [0, 0.05) is 17.4 Å². The van der Waals surface area contributed by atoms with Gasteiger partial charge in [0.25, 0.3) is 0 Å². The van der Waals surface area contributed by atoms with Gasteiger partial charge in [-0.3, -0.25) is 0 Å². The first-order chi connectivity index (χ1) is 14.5. The van der Waals surface area contributed by atoms with Gasteiger partial charge in [-0.1, -0.05) is 43.3 Å². The van der Waals surface area contributed by atoms with Gasteiger partial charge in [0.05, 0.1) is 7.11 Å². The van der Waals surface area contributed by atoms with Gasteiger partial charge in [-0.15, -0.1) is 0 Å². The van der Waals surface area contributed by atoms with Crippen LogP contribution >= 0.6 is 0 Å². The molecule has 0 radical (unpaired) electrons. The van der Waals surface area contributed by atoms with E-state index in [1.165, 1.54) is 19.1 Å². The van der Waals surface area contributed by atoms with E-state index >= 15 is 4.39 Å². The number of methoxy groups -OCH3 is 1. The Hall–Kier alpha value is -2.81. The van der Waals surface area contributed by atoms with E-state index in [0.29, 0.717) is 0 Å². The Balaban J connectivity index is 1.99. The molecule has 4 atom stereocenters. The standard InChI is InChI=1S/C22H22F4O5/c1-12-16(19(20(27)28)31-21(12,2)22(24,25)26)14-9-10-15(17(23)18(14)29-3)30-11-13-7-5-4-6-8-13/h4-10,12,16,19H,11H2,1-3H3,(H,27,28)/t12-,16-,19+,21+/m0/s1. The van der Waals surface area contributed by atoms with E-state index in [4.69, 9.17) is 14.2 Å². The summed E-state index contributed by atoms with van der Waals surface area (Å²) in [6.07, 6.45) is -6.65. The second kappa shape index (κ2) is 8.37. The van der Waals surface area contributed by atoms with Crippen molar-refractivity contribution in [3.8, 4) is 11.5 Å². The highest BCUT2D eigenvalue weighted by molar-refractivity contribution is 5.75. The molecule has 2 aromatic carbocycles. The minimum atomic E-state index is -4.82. The van der Waals surface area contributed by atoms with Gasteiger partial charge in [0.2, 0.25) is 5.82 Å². The first kappa shape index (κ1) is 22.9. The molecule has 0 spiro atoms. The zero-order valence-electron chi connectivity index (χ0n) is 17.1. The highest BCUT2D eigenvalue weighted by Gasteiger charge is 2.66. The SMILES string of the molecule is COc1c([C@H]2[C@H](C(=O)O)O[C@@](C)(C(F)(F)F)[C@H]2C)ccc(OCc2ccccc2)c1F. The van der Waals surface area contributed by atoms with Crippen molar-refractivity contribution in [1.29, 1.82) is 0 Å². The van der Waals surface area contributed by atoms with Crippen LogP contribution in [-0.4, -0.2) is 36.1 Å². The first-order valence-corrected chi connectivity index (χ1v) is 9.51. The van der Waals surface area contributed by atoms with Gasteiger partial charge in [-0.25, -0.2) is 4.79 Å². The Labute approximate surface area is 176 Å². The maximum Gasteiger partial charge on any atom is 0.417 e. The lowest BCUT2D eigenvalue weighted by Crippen LogP contribution is -2.47. The summed E-state index contributed by atoms with van der Waals surface area (Å²) in [6, 6.07) is 11.6. The molecule has 0 bridgehead atoms. The summed E-state index contributed by atoms with van der Waals surface area (Å²) >= 11 is 0. The number of hydrogen-bond acceptors (Lipinski definition) is 4. The molecule has 1 fully saturated rings. The second-order valence-electron chi connectivity index (χ2n) is 7.57. The van der Waals surface area contributed by atoms with E-state index in [9.17, 15) is 23.1 Å². The first-order valence-electron chi connectivity index (χ1n) is 9.51. The third-order valence-electron chi connectivity index (χ3n) is 5.80. The number of halogens is 4. The summed E-state index contributed by atoms with van der Waals surface area (Å²) in [5.41, 5.74) is -1.96. The minimum Gasteiger partial charge on any atom is -0.493 e. The molecule has 0 amide bonds. The molecule has 0 aromatic heterocycles. The molecule has 1 heterocycles. The number of rotatable bonds is 6. The molecular weight excluding hydrogens is 420 g/mol. The summed E-state index contributed by atoms with van der Waals surface area (Å²) in [7, 11) is 1.15. The highest BCUT2D eigenvalue weighted by atomic mass is 19.4. The summed E-state index contributed by atoms with van der Waals surface area (Å²) < 4.78 is 71.7. The lowest BCUT2D eigenvalue weighted by atomic mass is 9.77. The summed E-state index contributed by atoms with van der Waals surface area (Å²) in [6.45, 7) is 2.10. The smallest absolute Gasteiger partial charge is 0.417 e. The van der Waals surface area contributed by atoms with Crippen LogP contribution in [0.3, 0.4) is 0 Å². The average Bonchev–Trinajstić information content (AvgIpc) is 3.00. The van der Waals surface area contributed by atoms with Crippen LogP contribution in [0.4, 0.5) is 17.6 Å². The molecule has 0 aliphatic carbocycles. The van der Waals surface area contributed by atoms with Gasteiger partial charge in [-0.05, 0) is 18.6 Å². The quantitative estimate of drug-likeness (QED) is 0.643. The highest BCUT2D eigenvalue weighted by Crippen LogP contribution is 2.55. The normalized spacial score (nSPS) is 26.0. The van der Waals surface area contributed by atoms with Crippen molar-refractivity contribution in [3.05, 3.63) is 59.4 Å². The molecule has 1 saturated heterocycles. The molecule has 0 unspecified atom stereocenters. The Morgan fingerprint density at radius 2 is 1.84 bits per heavy atom. The van der Waals surface area contributed by atoms with Crippen LogP contribution in [-0.2, 0) is 16.1 Å². The number of alkyl halides is 3. The van der Waals surface area contributed by atoms with Gasteiger partial charge in [0.15, 0.2) is 23.2 Å². The monoisotopic (exact) mass is 442 g/mol. The Kier molecular flexibility index (Phi) is 6.18. The minimum absolute atomic E-state index is 0.0278. The van der Waals surface area contributed by atoms with Gasteiger partial charge in [0.1, 0.15) is 6.61 Å². The molecule has 0 saturated carbocycles. The number of carboxylic acid groups (broad SMARTS) is 1. The zero-order chi connectivity index (χ0) is 23.0. The van der Waals surface area contributed by atoms with Gasteiger partial charge >= 0.3 is 12.1 Å². The van der Waals surface area contributed by atoms with Crippen molar-refractivity contribution in [2.45, 2.75) is 44.3 Å². The molecule has 168 valence electrons. The van der Waals surface area contributed by atoms with Crippen molar-refractivity contribution < 1.29 is 41.7 Å². The molecular formula is C22H22F4O5. The molecule has 1 aliphatic heterocycles. The Morgan fingerprint density at radius 1 is 1.19 bits per heavy atom. The third kappa shape index (κ3) is 4.06. The van der Waals surface area contributed by atoms with Crippen molar-refractivity contribution in [2.24, 2.45) is 5.92 Å². The van der Waals surface area contributed by atoms with Crippen LogP contribution in [0.5, 0.6) is 11.5 Å². The van der Waals surface area contributed by atoms with Crippen molar-refractivity contribution in [1.82, 2.24) is 0 Å². The summed E-state index contributed by atoms with van der Waals surface area (Å²) in [4.78, 5) is 11.7. The molecule has 2 aromatic rings. The van der Waals surface area contributed by atoms with E-state index < -0.39 is 41.5 Å². The van der Waals surface area contributed by atoms with E-state index in [0.717, 1.165) is 19.6 Å². The number of ether oxygens (including phenoxy) is 3. The van der Waals surface area contributed by atoms with Crippen molar-refractivity contribution in [3.63, 3.8) is 0 Å². The summed E-state index contributed by atoms with van der Waals surface area (Å²) in [5.74, 6) is -5.65. The largest absolute Gasteiger partial charge is 0.493 e. The van der Waals surface area contributed by atoms with Crippen LogP contribution in [0.2, 0.25) is 0 Å². The van der Waals surface area contributed by atoms with E-state index in [1.807, 2.05) is 6.07 Å². The maximum absolute atomic E-state index is 15.1. The predicted octanol–water partition coefficient (Wildman–Crippen LogP) is 4.94. The van der Waals surface area contributed by atoms with Crippen molar-refractivity contribution in [2.75, 3.05) is 7.11 Å². The number of carboxylic acids is 1. The fraction of sp³-hybridized carbons (Fsp3) is 0.409. The molecule has 5 nitrogen and oxygen atoms in total. The molecule has 9 heteroatoms. The lowest BCUT2D eigenvalue weighted by molar-refractivity contribution is -0.273. The Morgan fingerprint density at radius 3 is 2.39 bits per heavy atom. The average molecular weight is 442 g/mol. The fourth-order valence-electron chi connectivity index (χ4n) is 3.88. The Bertz CT molecular complexity index is 947.